The van der Waals surface area contributed by atoms with Crippen LogP contribution in [0.15, 0.2) is 51.8 Å². The van der Waals surface area contributed by atoms with Gasteiger partial charge in [0.05, 0.1) is 15.1 Å². The number of benzene rings is 2. The van der Waals surface area contributed by atoms with Crippen LogP contribution in [0.5, 0.6) is 0 Å². The normalized spacial score (nSPS) is 11.8. The van der Waals surface area contributed by atoms with E-state index in [9.17, 15) is 8.42 Å². The second kappa shape index (κ2) is 7.21. The Kier molecular flexibility index (Phi) is 5.22. The van der Waals surface area contributed by atoms with E-state index in [1.807, 2.05) is 30.3 Å². The number of aromatic nitrogens is 1. The lowest BCUT2D eigenvalue weighted by Crippen LogP contribution is -2.12. The maximum absolute atomic E-state index is 12.5. The van der Waals surface area contributed by atoms with Crippen LogP contribution in [-0.4, -0.2) is 13.4 Å². The van der Waals surface area contributed by atoms with Gasteiger partial charge < -0.3 is 0 Å². The Bertz CT molecular complexity index is 950. The summed E-state index contributed by atoms with van der Waals surface area (Å²) in [4.78, 5) is 4.58. The van der Waals surface area contributed by atoms with Crippen molar-refractivity contribution in [2.45, 2.75) is 31.1 Å². The second-order valence-corrected chi connectivity index (χ2v) is 9.11. The van der Waals surface area contributed by atoms with Gasteiger partial charge in [0.25, 0.3) is 10.0 Å². The zero-order valence-corrected chi connectivity index (χ0v) is 16.3. The van der Waals surface area contributed by atoms with Crippen molar-refractivity contribution in [3.05, 3.63) is 52.5 Å². The van der Waals surface area contributed by atoms with Gasteiger partial charge in [0.2, 0.25) is 0 Å². The standard InChI is InChI=1S/C17H17BrN2O2S2/c1-2-3-4-12-5-8-14(9-6-12)24(21,22)20-17-19-15-10-7-13(18)11-16(15)23-17/h5-11H,2-4H2,1H3,(H,19,20). The molecule has 1 N–H and O–H groups in total. The summed E-state index contributed by atoms with van der Waals surface area (Å²) in [5.74, 6) is 0. The number of unbranched alkanes of at least 4 members (excludes halogenated alkanes) is 1. The van der Waals surface area contributed by atoms with Crippen LogP contribution in [0, 0.1) is 0 Å². The number of nitrogens with one attached hydrogen (secondary N) is 1. The SMILES string of the molecule is CCCCc1ccc(S(=O)(=O)Nc2nc3ccc(Br)cc3s2)cc1. The summed E-state index contributed by atoms with van der Waals surface area (Å²) in [6, 6.07) is 12.7. The van der Waals surface area contributed by atoms with Crippen molar-refractivity contribution in [1.29, 1.82) is 0 Å². The van der Waals surface area contributed by atoms with Crippen LogP contribution in [0.3, 0.4) is 0 Å². The van der Waals surface area contributed by atoms with E-state index in [-0.39, 0.29) is 4.90 Å². The minimum atomic E-state index is -3.62. The first kappa shape index (κ1) is 17.4. The van der Waals surface area contributed by atoms with Crippen LogP contribution >= 0.6 is 27.3 Å². The van der Waals surface area contributed by atoms with Gasteiger partial charge in [0.15, 0.2) is 5.13 Å². The predicted molar refractivity (Wildman–Crippen MR) is 103 cm³/mol. The third-order valence-corrected chi connectivity index (χ3v) is 6.54. The maximum atomic E-state index is 12.5. The Hall–Kier alpha value is -1.44. The highest BCUT2D eigenvalue weighted by molar-refractivity contribution is 9.10. The van der Waals surface area contributed by atoms with E-state index in [4.69, 9.17) is 0 Å². The van der Waals surface area contributed by atoms with E-state index in [1.54, 1.807) is 12.1 Å². The van der Waals surface area contributed by atoms with Gasteiger partial charge in [-0.15, -0.1) is 0 Å². The first-order chi connectivity index (χ1) is 11.5. The number of nitrogens with zero attached hydrogens (tertiary/aromatic N) is 1. The number of hydrogen-bond acceptors (Lipinski definition) is 4. The Morgan fingerprint density at radius 3 is 2.62 bits per heavy atom. The number of sulfonamides is 1. The monoisotopic (exact) mass is 424 g/mol. The molecule has 0 radical (unpaired) electrons. The summed E-state index contributed by atoms with van der Waals surface area (Å²) in [5.41, 5.74) is 1.93. The van der Waals surface area contributed by atoms with Gasteiger partial charge in [-0.25, -0.2) is 13.4 Å². The van der Waals surface area contributed by atoms with Gasteiger partial charge in [0.1, 0.15) is 0 Å². The first-order valence-corrected chi connectivity index (χ1v) is 10.7. The van der Waals surface area contributed by atoms with Crippen molar-refractivity contribution in [2.75, 3.05) is 4.72 Å². The lowest BCUT2D eigenvalue weighted by atomic mass is 10.1. The molecule has 1 heterocycles. The van der Waals surface area contributed by atoms with Crippen molar-refractivity contribution in [1.82, 2.24) is 4.98 Å². The van der Waals surface area contributed by atoms with E-state index in [2.05, 4.69) is 32.6 Å². The topological polar surface area (TPSA) is 59.1 Å². The fourth-order valence-corrected chi connectivity index (χ4v) is 4.98. The Balaban J connectivity index is 1.81. The van der Waals surface area contributed by atoms with Crippen molar-refractivity contribution < 1.29 is 8.42 Å². The predicted octanol–water partition coefficient (Wildman–Crippen LogP) is 5.20. The number of halogens is 1. The molecule has 0 saturated carbocycles. The third kappa shape index (κ3) is 3.96. The quantitative estimate of drug-likeness (QED) is 0.591. The molecule has 24 heavy (non-hydrogen) atoms. The fraction of sp³-hybridized carbons (Fsp3) is 0.235. The molecule has 0 aliphatic carbocycles. The molecule has 0 spiro atoms. The first-order valence-electron chi connectivity index (χ1n) is 7.66. The highest BCUT2D eigenvalue weighted by Gasteiger charge is 2.16. The average Bonchev–Trinajstić information content (AvgIpc) is 2.93. The van der Waals surface area contributed by atoms with Crippen molar-refractivity contribution >= 4 is 52.6 Å². The molecular weight excluding hydrogens is 408 g/mol. The van der Waals surface area contributed by atoms with E-state index < -0.39 is 10.0 Å². The van der Waals surface area contributed by atoms with E-state index in [1.165, 1.54) is 11.3 Å². The van der Waals surface area contributed by atoms with Gasteiger partial charge in [-0.1, -0.05) is 52.7 Å². The van der Waals surface area contributed by atoms with Crippen molar-refractivity contribution in [3.8, 4) is 0 Å². The zero-order chi connectivity index (χ0) is 17.2. The molecule has 0 aliphatic rings. The molecule has 0 bridgehead atoms. The van der Waals surface area contributed by atoms with E-state index in [0.29, 0.717) is 5.13 Å². The third-order valence-electron chi connectivity index (χ3n) is 3.62. The van der Waals surface area contributed by atoms with Gasteiger partial charge in [-0.2, -0.15) is 0 Å². The minimum Gasteiger partial charge on any atom is -0.255 e. The molecule has 1 aromatic heterocycles. The van der Waals surface area contributed by atoms with Crippen molar-refractivity contribution in [3.63, 3.8) is 0 Å². The van der Waals surface area contributed by atoms with E-state index >= 15 is 0 Å². The number of anilines is 1. The van der Waals surface area contributed by atoms with E-state index in [0.717, 1.165) is 39.5 Å². The van der Waals surface area contributed by atoms with Gasteiger partial charge in [0, 0.05) is 4.47 Å². The molecule has 0 aliphatic heterocycles. The number of fused-ring (bicyclic) bond motifs is 1. The van der Waals surface area contributed by atoms with Crippen molar-refractivity contribution in [2.24, 2.45) is 0 Å². The molecule has 3 aromatic rings. The number of rotatable bonds is 6. The Morgan fingerprint density at radius 1 is 1.17 bits per heavy atom. The molecule has 0 saturated heterocycles. The van der Waals surface area contributed by atoms with Gasteiger partial charge in [-0.05, 0) is 48.7 Å². The number of aryl methyl sites for hydroxylation is 1. The molecule has 0 atom stereocenters. The minimum absolute atomic E-state index is 0.253. The molecule has 4 nitrogen and oxygen atoms in total. The highest BCUT2D eigenvalue weighted by atomic mass is 79.9. The summed E-state index contributed by atoms with van der Waals surface area (Å²) in [7, 11) is -3.62. The largest absolute Gasteiger partial charge is 0.263 e. The van der Waals surface area contributed by atoms with Crippen LogP contribution < -0.4 is 4.72 Å². The molecule has 2 aromatic carbocycles. The lowest BCUT2D eigenvalue weighted by Gasteiger charge is -2.06. The molecule has 0 unspecified atom stereocenters. The van der Waals surface area contributed by atoms with Gasteiger partial charge >= 0.3 is 0 Å². The number of hydrogen-bond donors (Lipinski definition) is 1. The number of thiazole rings is 1. The van der Waals surface area contributed by atoms with Crippen LogP contribution in [0.1, 0.15) is 25.3 Å². The van der Waals surface area contributed by atoms with Crippen LogP contribution in [-0.2, 0) is 16.4 Å². The highest BCUT2D eigenvalue weighted by Crippen LogP contribution is 2.29. The summed E-state index contributed by atoms with van der Waals surface area (Å²) in [6.07, 6.45) is 3.19. The zero-order valence-electron chi connectivity index (χ0n) is 13.1. The lowest BCUT2D eigenvalue weighted by molar-refractivity contribution is 0.601. The summed E-state index contributed by atoms with van der Waals surface area (Å²) in [5, 5.41) is 0.373. The molecule has 0 amide bonds. The maximum Gasteiger partial charge on any atom is 0.263 e. The average molecular weight is 425 g/mol. The molecule has 0 fully saturated rings. The summed E-state index contributed by atoms with van der Waals surface area (Å²) < 4.78 is 29.5. The van der Waals surface area contributed by atoms with Gasteiger partial charge in [-0.3, -0.25) is 4.72 Å². The smallest absolute Gasteiger partial charge is 0.255 e. The van der Waals surface area contributed by atoms with Crippen LogP contribution in [0.25, 0.3) is 10.2 Å². The van der Waals surface area contributed by atoms with Crippen LogP contribution in [0.4, 0.5) is 5.13 Å². The molecule has 3 rings (SSSR count). The van der Waals surface area contributed by atoms with Crippen LogP contribution in [0.2, 0.25) is 0 Å². The molecule has 126 valence electrons. The summed E-state index contributed by atoms with van der Waals surface area (Å²) >= 11 is 4.72. The molecular formula is C17H17BrN2O2S2. The summed E-state index contributed by atoms with van der Waals surface area (Å²) in [6.45, 7) is 2.14. The molecule has 7 heteroatoms. The fourth-order valence-electron chi connectivity index (χ4n) is 2.33. The second-order valence-electron chi connectivity index (χ2n) is 5.48. The Morgan fingerprint density at radius 2 is 1.92 bits per heavy atom. The Labute approximate surface area is 154 Å².